The lowest BCUT2D eigenvalue weighted by molar-refractivity contribution is -0.117. The lowest BCUT2D eigenvalue weighted by atomic mass is 9.92. The van der Waals surface area contributed by atoms with Crippen molar-refractivity contribution in [2.24, 2.45) is 0 Å². The molecule has 0 aliphatic carbocycles. The molecule has 2 aromatic rings. The highest BCUT2D eigenvalue weighted by Crippen LogP contribution is 2.32. The Morgan fingerprint density at radius 2 is 1.93 bits per heavy atom. The van der Waals surface area contributed by atoms with Crippen LogP contribution >= 0.6 is 11.3 Å². The number of hydrogen-bond donors (Lipinski definition) is 0. The number of benzene rings is 1. The van der Waals surface area contributed by atoms with E-state index in [1.165, 1.54) is 33.4 Å². The fraction of sp³-hybridized carbons (Fsp3) is 0.500. The number of halogens is 1. The Morgan fingerprint density at radius 1 is 1.11 bits per heavy atom. The van der Waals surface area contributed by atoms with Crippen molar-refractivity contribution in [1.29, 1.82) is 0 Å². The zero-order valence-corrected chi connectivity index (χ0v) is 17.4. The largest absolute Gasteiger partial charge is 0.372 e. The zero-order valence-electron chi connectivity index (χ0n) is 15.7. The van der Waals surface area contributed by atoms with Gasteiger partial charge in [0, 0.05) is 37.6 Å². The Hall–Kier alpha value is -1.32. The van der Waals surface area contributed by atoms with Crippen molar-refractivity contribution in [1.82, 2.24) is 9.21 Å². The van der Waals surface area contributed by atoms with Crippen LogP contribution in [0.15, 0.2) is 46.7 Å². The molecule has 0 radical (unpaired) electrons. The maximum atomic E-state index is 13.2. The Labute approximate surface area is 169 Å². The van der Waals surface area contributed by atoms with E-state index in [4.69, 9.17) is 4.74 Å². The Kier molecular flexibility index (Phi) is 5.85. The molecule has 0 saturated carbocycles. The number of morpholine rings is 1. The topological polar surface area (TPSA) is 49.9 Å². The van der Waals surface area contributed by atoms with Crippen molar-refractivity contribution < 1.29 is 17.5 Å². The zero-order chi connectivity index (χ0) is 19.6. The summed E-state index contributed by atoms with van der Waals surface area (Å²) in [7, 11) is -3.61. The van der Waals surface area contributed by atoms with Gasteiger partial charge in [0.05, 0.1) is 17.1 Å². The normalized spacial score (nSPS) is 25.0. The molecule has 1 aromatic carbocycles. The first-order valence-corrected chi connectivity index (χ1v) is 11.9. The number of nitrogens with zero attached hydrogens (tertiary/aromatic N) is 2. The third kappa shape index (κ3) is 4.31. The molecule has 1 spiro atoms. The third-order valence-corrected chi connectivity index (χ3v) is 8.37. The highest BCUT2D eigenvalue weighted by atomic mass is 32.2. The Balaban J connectivity index is 1.44. The summed E-state index contributed by atoms with van der Waals surface area (Å²) in [5.74, 6) is -0.435. The van der Waals surface area contributed by atoms with Crippen LogP contribution in [0.5, 0.6) is 0 Å². The maximum absolute atomic E-state index is 13.2. The molecular weight excluding hydrogens is 399 g/mol. The van der Waals surface area contributed by atoms with Gasteiger partial charge in [-0.3, -0.25) is 4.90 Å². The highest BCUT2D eigenvalue weighted by molar-refractivity contribution is 7.89. The van der Waals surface area contributed by atoms with Gasteiger partial charge in [-0.2, -0.15) is 4.31 Å². The molecule has 2 fully saturated rings. The van der Waals surface area contributed by atoms with Crippen molar-refractivity contribution in [3.8, 4) is 0 Å². The van der Waals surface area contributed by atoms with E-state index in [0.717, 1.165) is 32.5 Å². The SMILES string of the molecule is O=S(=O)(c1ccc(F)cc1)N1CCCC2(CC1)CN(Cc1cccs1)CCO2. The van der Waals surface area contributed by atoms with E-state index in [1.807, 2.05) is 0 Å². The number of thiophene rings is 1. The van der Waals surface area contributed by atoms with Crippen LogP contribution in [-0.2, 0) is 21.3 Å². The van der Waals surface area contributed by atoms with Gasteiger partial charge in [-0.25, -0.2) is 12.8 Å². The van der Waals surface area contributed by atoms with Crippen LogP contribution in [-0.4, -0.2) is 56.0 Å². The molecule has 0 bridgehead atoms. The first-order chi connectivity index (χ1) is 13.5. The van der Waals surface area contributed by atoms with E-state index in [1.54, 1.807) is 11.3 Å². The first-order valence-electron chi connectivity index (χ1n) is 9.61. The van der Waals surface area contributed by atoms with Crippen molar-refractivity contribution >= 4 is 21.4 Å². The quantitative estimate of drug-likeness (QED) is 0.756. The summed E-state index contributed by atoms with van der Waals surface area (Å²) in [5, 5.41) is 2.09. The van der Waals surface area contributed by atoms with E-state index in [9.17, 15) is 12.8 Å². The van der Waals surface area contributed by atoms with Crippen molar-refractivity contribution in [3.63, 3.8) is 0 Å². The molecule has 1 atom stereocenters. The molecule has 2 saturated heterocycles. The summed E-state index contributed by atoms with van der Waals surface area (Å²) in [6, 6.07) is 9.28. The minimum atomic E-state index is -3.61. The van der Waals surface area contributed by atoms with E-state index in [0.29, 0.717) is 26.1 Å². The predicted molar refractivity (Wildman–Crippen MR) is 107 cm³/mol. The minimum Gasteiger partial charge on any atom is -0.372 e. The van der Waals surface area contributed by atoms with Crippen LogP contribution < -0.4 is 0 Å². The average molecular weight is 425 g/mol. The van der Waals surface area contributed by atoms with Crippen molar-refractivity contribution in [3.05, 3.63) is 52.5 Å². The second-order valence-corrected chi connectivity index (χ2v) is 10.5. The molecular formula is C20H25FN2O3S2. The number of ether oxygens (including phenoxy) is 1. The second-order valence-electron chi connectivity index (χ2n) is 7.53. The van der Waals surface area contributed by atoms with Gasteiger partial charge in [0.25, 0.3) is 0 Å². The van der Waals surface area contributed by atoms with E-state index >= 15 is 0 Å². The van der Waals surface area contributed by atoms with E-state index in [2.05, 4.69) is 22.4 Å². The third-order valence-electron chi connectivity index (χ3n) is 5.60. The monoisotopic (exact) mass is 424 g/mol. The summed E-state index contributed by atoms with van der Waals surface area (Å²) < 4.78 is 46.8. The summed E-state index contributed by atoms with van der Waals surface area (Å²) in [4.78, 5) is 3.90. The summed E-state index contributed by atoms with van der Waals surface area (Å²) in [6.07, 6.45) is 2.28. The highest BCUT2D eigenvalue weighted by Gasteiger charge is 2.40. The molecule has 0 N–H and O–H groups in total. The van der Waals surface area contributed by atoms with Gasteiger partial charge in [-0.15, -0.1) is 11.3 Å². The number of rotatable bonds is 4. The molecule has 2 aliphatic heterocycles. The molecule has 1 aromatic heterocycles. The second kappa shape index (κ2) is 8.20. The van der Waals surface area contributed by atoms with Crippen LogP contribution in [0.1, 0.15) is 24.1 Å². The summed E-state index contributed by atoms with van der Waals surface area (Å²) >= 11 is 1.76. The smallest absolute Gasteiger partial charge is 0.243 e. The van der Waals surface area contributed by atoms with Crippen LogP contribution in [0.4, 0.5) is 4.39 Å². The van der Waals surface area contributed by atoms with Crippen LogP contribution in [0.25, 0.3) is 0 Å². The van der Waals surface area contributed by atoms with Gasteiger partial charge in [0.2, 0.25) is 10.0 Å². The minimum absolute atomic E-state index is 0.147. The lowest BCUT2D eigenvalue weighted by Crippen LogP contribution is -2.51. The van der Waals surface area contributed by atoms with Gasteiger partial charge < -0.3 is 4.74 Å². The van der Waals surface area contributed by atoms with Crippen LogP contribution in [0, 0.1) is 5.82 Å². The van der Waals surface area contributed by atoms with Crippen molar-refractivity contribution in [2.45, 2.75) is 36.3 Å². The Morgan fingerprint density at radius 3 is 2.68 bits per heavy atom. The molecule has 0 amide bonds. The fourth-order valence-electron chi connectivity index (χ4n) is 4.12. The van der Waals surface area contributed by atoms with Gasteiger partial charge in [-0.1, -0.05) is 6.07 Å². The Bertz CT molecular complexity index is 887. The molecule has 5 nitrogen and oxygen atoms in total. The molecule has 3 heterocycles. The molecule has 28 heavy (non-hydrogen) atoms. The summed E-state index contributed by atoms with van der Waals surface area (Å²) in [6.45, 7) is 4.21. The van der Waals surface area contributed by atoms with Gasteiger partial charge in [0.1, 0.15) is 5.82 Å². The fourth-order valence-corrected chi connectivity index (χ4v) is 6.35. The standard InChI is InChI=1S/C20H25FN2O3S2/c21-17-4-6-19(7-5-17)28(24,25)23-10-2-8-20(9-11-23)16-22(12-13-26-20)15-18-3-1-14-27-18/h1,3-7,14H,2,8-13,15-16H2. The van der Waals surface area contributed by atoms with Gasteiger partial charge >= 0.3 is 0 Å². The maximum Gasteiger partial charge on any atom is 0.243 e. The number of hydrogen-bond acceptors (Lipinski definition) is 5. The number of sulfonamides is 1. The predicted octanol–water partition coefficient (Wildman–Crippen LogP) is 3.33. The van der Waals surface area contributed by atoms with Gasteiger partial charge in [-0.05, 0) is 55.0 Å². The molecule has 152 valence electrons. The van der Waals surface area contributed by atoms with E-state index < -0.39 is 15.8 Å². The average Bonchev–Trinajstić information content (AvgIpc) is 3.09. The van der Waals surface area contributed by atoms with Crippen LogP contribution in [0.2, 0.25) is 0 Å². The van der Waals surface area contributed by atoms with Gasteiger partial charge in [0.15, 0.2) is 0 Å². The molecule has 1 unspecified atom stereocenters. The van der Waals surface area contributed by atoms with E-state index in [-0.39, 0.29) is 10.5 Å². The lowest BCUT2D eigenvalue weighted by Gasteiger charge is -2.42. The first kappa shape index (κ1) is 20.0. The van der Waals surface area contributed by atoms with Crippen LogP contribution in [0.3, 0.4) is 0 Å². The molecule has 2 aliphatic rings. The summed E-state index contributed by atoms with van der Waals surface area (Å²) in [5.41, 5.74) is -0.289. The van der Waals surface area contributed by atoms with Crippen molar-refractivity contribution in [2.75, 3.05) is 32.8 Å². The molecule has 4 rings (SSSR count). The molecule has 8 heteroatoms.